The van der Waals surface area contributed by atoms with Crippen LogP contribution in [0.25, 0.3) is 11.1 Å². The van der Waals surface area contributed by atoms with Gasteiger partial charge in [0.15, 0.2) is 6.29 Å². The molecule has 1 heterocycles. The number of aliphatic hydroxyl groups excluding tert-OH is 1. The first-order valence-corrected chi connectivity index (χ1v) is 13.9. The number of amides is 2. The maximum atomic E-state index is 11.8. The molecule has 0 radical (unpaired) electrons. The van der Waals surface area contributed by atoms with Crippen LogP contribution in [0.5, 0.6) is 0 Å². The fraction of sp³-hybridized carbons (Fsp3) is 0.364. The van der Waals surface area contributed by atoms with Gasteiger partial charge in [0.1, 0.15) is 0 Å². The van der Waals surface area contributed by atoms with Crippen molar-refractivity contribution in [2.75, 3.05) is 26.7 Å². The van der Waals surface area contributed by atoms with Crippen LogP contribution in [-0.2, 0) is 22.6 Å². The molecule has 3 aromatic carbocycles. The molecule has 0 aliphatic carbocycles. The molecule has 1 fully saturated rings. The van der Waals surface area contributed by atoms with Crippen molar-refractivity contribution >= 4 is 6.03 Å². The molecule has 212 valence electrons. The number of hydrogen-bond donors (Lipinski definition) is 3. The highest BCUT2D eigenvalue weighted by Gasteiger charge is 2.38. The first kappa shape index (κ1) is 29.5. The third kappa shape index (κ3) is 7.58. The quantitative estimate of drug-likeness (QED) is 0.275. The Balaban J connectivity index is 1.59. The highest BCUT2D eigenvalue weighted by molar-refractivity contribution is 5.74. The lowest BCUT2D eigenvalue weighted by molar-refractivity contribution is -0.275. The Labute approximate surface area is 237 Å². The third-order valence-electron chi connectivity index (χ3n) is 7.27. The number of nitrogens with one attached hydrogen (secondary N) is 2. The molecule has 3 N–H and O–H groups in total. The number of carbonyl (C=O) groups is 1. The lowest BCUT2D eigenvalue weighted by atomic mass is 9.90. The smallest absolute Gasteiger partial charge is 0.315 e. The predicted molar refractivity (Wildman–Crippen MR) is 158 cm³/mol. The van der Waals surface area contributed by atoms with E-state index in [2.05, 4.69) is 60.3 Å². The van der Waals surface area contributed by atoms with E-state index in [1.165, 1.54) is 0 Å². The van der Waals surface area contributed by atoms with Gasteiger partial charge < -0.3 is 30.1 Å². The molecular weight excluding hydrogens is 502 g/mol. The molecule has 40 heavy (non-hydrogen) atoms. The summed E-state index contributed by atoms with van der Waals surface area (Å²) >= 11 is 0. The van der Waals surface area contributed by atoms with Gasteiger partial charge in [0, 0.05) is 37.7 Å². The molecular formula is C33H41N3O4. The van der Waals surface area contributed by atoms with Crippen molar-refractivity contribution in [2.45, 2.75) is 45.5 Å². The van der Waals surface area contributed by atoms with E-state index in [0.29, 0.717) is 13.1 Å². The number of aliphatic hydroxyl groups is 1. The normalized spacial score (nSPS) is 20.7. The van der Waals surface area contributed by atoms with E-state index in [1.807, 2.05) is 61.5 Å². The lowest BCUT2D eigenvalue weighted by Crippen LogP contribution is -2.43. The molecule has 7 heteroatoms. The van der Waals surface area contributed by atoms with Crippen LogP contribution in [-0.4, -0.2) is 48.8 Å². The first-order valence-electron chi connectivity index (χ1n) is 13.9. The van der Waals surface area contributed by atoms with Crippen molar-refractivity contribution in [2.24, 2.45) is 5.92 Å². The molecule has 0 saturated carbocycles. The summed E-state index contributed by atoms with van der Waals surface area (Å²) in [5.74, 6) is 0.112. The van der Waals surface area contributed by atoms with Gasteiger partial charge in [-0.1, -0.05) is 73.7 Å². The number of likely N-dealkylation sites (N-methyl/N-ethyl adjacent to an activating group) is 1. The molecule has 2 amide bonds. The van der Waals surface area contributed by atoms with Crippen LogP contribution in [0.2, 0.25) is 0 Å². The second-order valence-electron chi connectivity index (χ2n) is 10.4. The minimum absolute atomic E-state index is 0.0120. The Morgan fingerprint density at radius 2 is 1.70 bits per heavy atom. The zero-order valence-corrected chi connectivity index (χ0v) is 23.7. The van der Waals surface area contributed by atoms with Crippen LogP contribution < -0.4 is 10.6 Å². The van der Waals surface area contributed by atoms with E-state index >= 15 is 0 Å². The van der Waals surface area contributed by atoms with E-state index in [-0.39, 0.29) is 30.8 Å². The average molecular weight is 544 g/mol. The van der Waals surface area contributed by atoms with Crippen molar-refractivity contribution in [3.63, 3.8) is 0 Å². The van der Waals surface area contributed by atoms with Crippen LogP contribution in [0.1, 0.15) is 48.5 Å². The Bertz CT molecular complexity index is 1260. The topological polar surface area (TPSA) is 83.1 Å². The Hall–Kier alpha value is -3.49. The van der Waals surface area contributed by atoms with Crippen molar-refractivity contribution in [3.05, 3.63) is 108 Å². The van der Waals surface area contributed by atoms with Gasteiger partial charge in [-0.25, -0.2) is 4.79 Å². The van der Waals surface area contributed by atoms with Gasteiger partial charge in [-0.3, -0.25) is 0 Å². The summed E-state index contributed by atoms with van der Waals surface area (Å²) in [5.41, 5.74) is 6.01. The Morgan fingerprint density at radius 3 is 2.40 bits per heavy atom. The molecule has 7 nitrogen and oxygen atoms in total. The van der Waals surface area contributed by atoms with Crippen molar-refractivity contribution in [1.82, 2.24) is 15.5 Å². The second kappa shape index (κ2) is 14.2. The highest BCUT2D eigenvalue weighted by Crippen LogP contribution is 2.42. The van der Waals surface area contributed by atoms with Crippen molar-refractivity contribution < 1.29 is 19.4 Å². The largest absolute Gasteiger partial charge is 0.392 e. The van der Waals surface area contributed by atoms with Crippen LogP contribution >= 0.6 is 0 Å². The summed E-state index contributed by atoms with van der Waals surface area (Å²) in [6, 6.07) is 24.2. The van der Waals surface area contributed by atoms with E-state index in [0.717, 1.165) is 46.5 Å². The first-order chi connectivity index (χ1) is 19.4. The number of benzene rings is 3. The third-order valence-corrected chi connectivity index (χ3v) is 7.27. The number of carbonyl (C=O) groups excluding carboxylic acids is 1. The van der Waals surface area contributed by atoms with E-state index < -0.39 is 6.29 Å². The minimum Gasteiger partial charge on any atom is -0.392 e. The van der Waals surface area contributed by atoms with Crippen LogP contribution in [0.3, 0.4) is 0 Å². The maximum Gasteiger partial charge on any atom is 0.315 e. The summed E-state index contributed by atoms with van der Waals surface area (Å²) in [6.45, 7) is 10.5. The molecule has 3 aromatic rings. The van der Waals surface area contributed by atoms with Crippen molar-refractivity contribution in [3.8, 4) is 11.1 Å². The van der Waals surface area contributed by atoms with Crippen LogP contribution in [0, 0.1) is 5.92 Å². The lowest BCUT2D eigenvalue weighted by Gasteiger charge is -2.42. The van der Waals surface area contributed by atoms with E-state index in [4.69, 9.17) is 9.47 Å². The van der Waals surface area contributed by atoms with Gasteiger partial charge in [0.2, 0.25) is 0 Å². The van der Waals surface area contributed by atoms with Gasteiger partial charge in [-0.15, -0.1) is 6.58 Å². The molecule has 1 aliphatic rings. The Morgan fingerprint density at radius 1 is 0.975 bits per heavy atom. The number of nitrogens with zero attached hydrogens (tertiary/aromatic N) is 1. The number of urea groups is 1. The number of rotatable bonds is 11. The molecule has 0 spiro atoms. The number of ether oxygens (including phenoxy) is 2. The molecule has 4 unspecified atom stereocenters. The summed E-state index contributed by atoms with van der Waals surface area (Å²) in [7, 11) is 2.07. The Kier molecular flexibility index (Phi) is 10.5. The molecule has 4 rings (SSSR count). The van der Waals surface area contributed by atoms with Crippen LogP contribution in [0.15, 0.2) is 85.5 Å². The summed E-state index contributed by atoms with van der Waals surface area (Å²) < 4.78 is 13.2. The van der Waals surface area contributed by atoms with E-state index in [1.54, 1.807) is 0 Å². The van der Waals surface area contributed by atoms with Gasteiger partial charge in [-0.05, 0) is 53.9 Å². The fourth-order valence-corrected chi connectivity index (χ4v) is 5.06. The van der Waals surface area contributed by atoms with Crippen molar-refractivity contribution in [1.29, 1.82) is 0 Å². The highest BCUT2D eigenvalue weighted by atomic mass is 16.7. The molecule has 0 bridgehead atoms. The monoisotopic (exact) mass is 543 g/mol. The molecule has 0 aromatic heterocycles. The summed E-state index contributed by atoms with van der Waals surface area (Å²) in [6.07, 6.45) is 1.14. The minimum atomic E-state index is -0.539. The fourth-order valence-electron chi connectivity index (χ4n) is 5.06. The zero-order valence-electron chi connectivity index (χ0n) is 23.7. The van der Waals surface area contributed by atoms with Gasteiger partial charge in [-0.2, -0.15) is 0 Å². The van der Waals surface area contributed by atoms with Gasteiger partial charge >= 0.3 is 6.03 Å². The molecule has 1 aliphatic heterocycles. The van der Waals surface area contributed by atoms with Crippen LogP contribution in [0.4, 0.5) is 4.79 Å². The van der Waals surface area contributed by atoms with E-state index in [9.17, 15) is 9.90 Å². The molecule has 4 atom stereocenters. The predicted octanol–water partition coefficient (Wildman–Crippen LogP) is 5.57. The van der Waals surface area contributed by atoms with Gasteiger partial charge in [0.25, 0.3) is 0 Å². The van der Waals surface area contributed by atoms with Gasteiger partial charge in [0.05, 0.1) is 18.8 Å². The zero-order chi connectivity index (χ0) is 28.5. The summed E-state index contributed by atoms with van der Waals surface area (Å²) in [4.78, 5) is 14.0. The SMILES string of the molecule is C=CCN(C)CC1OC(c2cccc(-c3cccc(CNC(=O)NCC)c3)c2)OC(c2ccc(CO)cc2)C1C. The second-order valence-corrected chi connectivity index (χ2v) is 10.4. The maximum absolute atomic E-state index is 11.8. The summed E-state index contributed by atoms with van der Waals surface area (Å²) in [5, 5.41) is 15.1. The average Bonchev–Trinajstić information content (AvgIpc) is 2.98. The standard InChI is InChI=1S/C33H41N3O4/c1-5-17-36(4)21-30-23(3)31(26-15-13-24(22-37)14-16-26)40-32(39-30)29-12-8-11-28(19-29)27-10-7-9-25(18-27)20-35-33(38)34-6-2/h5,7-16,18-19,23,30-32,37H,1,6,17,20-22H2,2-4H3,(H2,34,35,38). The molecule has 1 saturated heterocycles. The number of hydrogen-bond acceptors (Lipinski definition) is 5.